The van der Waals surface area contributed by atoms with E-state index >= 15 is 0 Å². The van der Waals surface area contributed by atoms with Gasteiger partial charge in [-0.3, -0.25) is 0 Å². The average molecular weight is 166 g/mol. The van der Waals surface area contributed by atoms with Crippen molar-refractivity contribution in [1.29, 1.82) is 0 Å². The van der Waals surface area contributed by atoms with Gasteiger partial charge in [-0.15, -0.1) is 5.11 Å². The molecule has 0 aromatic heterocycles. The number of nitrogens with zero attached hydrogens (tertiary/aromatic N) is 2. The summed E-state index contributed by atoms with van der Waals surface area (Å²) in [5.74, 6) is 0. The summed E-state index contributed by atoms with van der Waals surface area (Å²) < 4.78 is 35.2. The molecule has 0 aliphatic carbocycles. The van der Waals surface area contributed by atoms with Crippen LogP contribution in [-0.2, 0) is 0 Å². The van der Waals surface area contributed by atoms with Crippen LogP contribution in [0.25, 0.3) is 0 Å². The summed E-state index contributed by atoms with van der Waals surface area (Å²) in [6.45, 7) is 0. The molecule has 1 rings (SSSR count). The van der Waals surface area contributed by atoms with Gasteiger partial charge in [-0.1, -0.05) is 12.2 Å². The van der Waals surface area contributed by atoms with Crippen LogP contribution in [0, 0.1) is 0 Å². The van der Waals surface area contributed by atoms with Gasteiger partial charge in [0.05, 0.1) is 6.20 Å². The molecular weight excluding hydrogens is 165 g/mol. The minimum atomic E-state index is -4.42. The van der Waals surface area contributed by atoms with Crippen molar-refractivity contribution >= 4 is 17.2 Å². The molecule has 0 unspecified atom stereocenters. The minimum absolute atomic E-state index is 0.493. The van der Waals surface area contributed by atoms with E-state index in [1.165, 1.54) is 0 Å². The molecular formula is C4HF3N2S. The first-order valence-corrected chi connectivity index (χ1v) is 2.65. The van der Waals surface area contributed by atoms with E-state index in [1.54, 1.807) is 0 Å². The Kier molecular flexibility index (Phi) is 1.55. The van der Waals surface area contributed by atoms with Gasteiger partial charge in [-0.25, -0.2) is 0 Å². The highest BCUT2D eigenvalue weighted by atomic mass is 32.1. The number of alkyl halides is 3. The molecule has 0 saturated heterocycles. The van der Waals surface area contributed by atoms with Gasteiger partial charge in [0.25, 0.3) is 0 Å². The normalized spacial score (nSPS) is 17.9. The van der Waals surface area contributed by atoms with Gasteiger partial charge in [0, 0.05) is 0 Å². The maximum Gasteiger partial charge on any atom is 0.420 e. The largest absolute Gasteiger partial charge is 0.420 e. The summed E-state index contributed by atoms with van der Waals surface area (Å²) in [7, 11) is 0. The maximum absolute atomic E-state index is 11.7. The van der Waals surface area contributed by atoms with Crippen LogP contribution in [0.1, 0.15) is 0 Å². The highest BCUT2D eigenvalue weighted by molar-refractivity contribution is 7.80. The van der Waals surface area contributed by atoms with Gasteiger partial charge in [-0.05, 0) is 0 Å². The predicted molar refractivity (Wildman–Crippen MR) is 31.6 cm³/mol. The molecule has 0 fully saturated rings. The molecule has 0 spiro atoms. The average Bonchev–Trinajstić information content (AvgIpc) is 2.11. The Bertz CT molecular complexity index is 227. The summed E-state index contributed by atoms with van der Waals surface area (Å²) in [6, 6.07) is 0. The third-order valence-corrected chi connectivity index (χ3v) is 1.17. The van der Waals surface area contributed by atoms with Gasteiger partial charge in [-0.2, -0.15) is 18.3 Å². The molecule has 54 valence electrons. The monoisotopic (exact) mass is 166 g/mol. The highest BCUT2D eigenvalue weighted by Gasteiger charge is 2.38. The van der Waals surface area contributed by atoms with Crippen molar-refractivity contribution in [2.24, 2.45) is 10.2 Å². The third-order valence-electron chi connectivity index (χ3n) is 0.871. The second kappa shape index (κ2) is 2.12. The summed E-state index contributed by atoms with van der Waals surface area (Å²) in [5, 5.41) is 6.04. The Balaban J connectivity index is 2.88. The van der Waals surface area contributed by atoms with Crippen molar-refractivity contribution in [3.05, 3.63) is 11.8 Å². The molecule has 1 aliphatic heterocycles. The van der Waals surface area contributed by atoms with Crippen LogP contribution in [0.4, 0.5) is 13.2 Å². The Morgan fingerprint density at radius 2 is 2.00 bits per heavy atom. The molecule has 0 saturated carbocycles. The fraction of sp³-hybridized carbons (Fsp3) is 0.250. The van der Waals surface area contributed by atoms with Gasteiger partial charge in [0.2, 0.25) is 0 Å². The van der Waals surface area contributed by atoms with E-state index in [0.717, 1.165) is 0 Å². The second-order valence-corrected chi connectivity index (χ2v) is 1.95. The van der Waals surface area contributed by atoms with Crippen LogP contribution >= 0.6 is 12.2 Å². The maximum atomic E-state index is 11.7. The van der Waals surface area contributed by atoms with Gasteiger partial charge >= 0.3 is 6.18 Å². The molecule has 2 nitrogen and oxygen atoms in total. The smallest absolute Gasteiger partial charge is 0.166 e. The summed E-state index contributed by atoms with van der Waals surface area (Å²) in [4.78, 5) is -0.493. The van der Waals surface area contributed by atoms with Crippen molar-refractivity contribution in [3.63, 3.8) is 0 Å². The standard InChI is InChI=1S/C4HF3N2S/c5-4(6,7)2-1-8-9-3(2)10/h1H. The zero-order valence-corrected chi connectivity index (χ0v) is 5.33. The molecule has 6 heteroatoms. The number of rotatable bonds is 0. The molecule has 0 radical (unpaired) electrons. The molecule has 0 aromatic rings. The molecule has 10 heavy (non-hydrogen) atoms. The van der Waals surface area contributed by atoms with Gasteiger partial charge in [0.1, 0.15) is 5.57 Å². The molecule has 0 bridgehead atoms. The van der Waals surface area contributed by atoms with Crippen molar-refractivity contribution < 1.29 is 13.2 Å². The van der Waals surface area contributed by atoms with E-state index in [-0.39, 0.29) is 0 Å². The number of halogens is 3. The number of thiocarbonyl (C=S) groups is 1. The van der Waals surface area contributed by atoms with E-state index < -0.39 is 16.7 Å². The van der Waals surface area contributed by atoms with E-state index in [4.69, 9.17) is 0 Å². The summed E-state index contributed by atoms with van der Waals surface area (Å²) in [5.41, 5.74) is -0.942. The Hall–Kier alpha value is -0.780. The van der Waals surface area contributed by atoms with Crippen molar-refractivity contribution in [2.45, 2.75) is 6.18 Å². The topological polar surface area (TPSA) is 24.7 Å². The fourth-order valence-corrected chi connectivity index (χ4v) is 0.658. The minimum Gasteiger partial charge on any atom is -0.166 e. The molecule has 1 heterocycles. The van der Waals surface area contributed by atoms with Crippen LogP contribution < -0.4 is 0 Å². The second-order valence-electron chi connectivity index (χ2n) is 1.56. The lowest BCUT2D eigenvalue weighted by Gasteiger charge is -2.03. The van der Waals surface area contributed by atoms with Crippen molar-refractivity contribution in [2.75, 3.05) is 0 Å². The zero-order chi connectivity index (χ0) is 7.78. The Morgan fingerprint density at radius 3 is 2.20 bits per heavy atom. The molecule has 0 amide bonds. The quantitative estimate of drug-likeness (QED) is 0.506. The lowest BCUT2D eigenvalue weighted by atomic mass is 10.3. The highest BCUT2D eigenvalue weighted by Crippen LogP contribution is 2.29. The van der Waals surface area contributed by atoms with Gasteiger partial charge < -0.3 is 0 Å². The first-order chi connectivity index (χ1) is 4.52. The van der Waals surface area contributed by atoms with Crippen LogP contribution in [0.2, 0.25) is 0 Å². The summed E-state index contributed by atoms with van der Waals surface area (Å²) in [6.07, 6.45) is -3.80. The lowest BCUT2D eigenvalue weighted by Crippen LogP contribution is -2.15. The summed E-state index contributed by atoms with van der Waals surface area (Å²) >= 11 is 4.24. The Morgan fingerprint density at radius 1 is 1.40 bits per heavy atom. The first kappa shape index (κ1) is 7.33. The zero-order valence-electron chi connectivity index (χ0n) is 4.51. The van der Waals surface area contributed by atoms with Crippen molar-refractivity contribution in [1.82, 2.24) is 0 Å². The third kappa shape index (κ3) is 1.21. The first-order valence-electron chi connectivity index (χ1n) is 2.24. The van der Waals surface area contributed by atoms with E-state index in [2.05, 4.69) is 22.4 Å². The molecule has 0 N–H and O–H groups in total. The van der Waals surface area contributed by atoms with E-state index in [9.17, 15) is 13.2 Å². The predicted octanol–water partition coefficient (Wildman–Crippen LogP) is 2.23. The Labute approximate surface area is 59.4 Å². The molecule has 0 atom stereocenters. The van der Waals surface area contributed by atoms with Crippen molar-refractivity contribution in [3.8, 4) is 0 Å². The van der Waals surface area contributed by atoms with Crippen LogP contribution in [-0.4, -0.2) is 11.2 Å². The number of hydrogen-bond donors (Lipinski definition) is 0. The van der Waals surface area contributed by atoms with Crippen LogP contribution in [0.15, 0.2) is 22.0 Å². The number of hydrogen-bond acceptors (Lipinski definition) is 2. The SMILES string of the molecule is FC(F)(F)C1=CN=NC1=S. The van der Waals surface area contributed by atoms with Crippen LogP contribution in [0.3, 0.4) is 0 Å². The molecule has 0 aromatic carbocycles. The van der Waals surface area contributed by atoms with Gasteiger partial charge in [0.15, 0.2) is 4.99 Å². The van der Waals surface area contributed by atoms with Crippen LogP contribution in [0.5, 0.6) is 0 Å². The molecule has 1 aliphatic rings. The van der Waals surface area contributed by atoms with E-state index in [0.29, 0.717) is 6.20 Å². The number of azo groups is 1. The fourth-order valence-electron chi connectivity index (χ4n) is 0.443. The van der Waals surface area contributed by atoms with E-state index in [1.807, 2.05) is 0 Å². The lowest BCUT2D eigenvalue weighted by molar-refractivity contribution is -0.0857.